The van der Waals surface area contributed by atoms with Crippen LogP contribution in [0, 0.1) is 0 Å². The van der Waals surface area contributed by atoms with Crippen molar-refractivity contribution in [2.75, 3.05) is 7.11 Å². The predicted octanol–water partition coefficient (Wildman–Crippen LogP) is 1.69. The second-order valence-corrected chi connectivity index (χ2v) is 4.40. The van der Waals surface area contributed by atoms with E-state index in [1.807, 2.05) is 24.3 Å². The molecule has 0 saturated heterocycles. The summed E-state index contributed by atoms with van der Waals surface area (Å²) in [4.78, 5) is 11.6. The van der Waals surface area contributed by atoms with Gasteiger partial charge in [0.1, 0.15) is 11.5 Å². The average molecular weight is 300 g/mol. The number of nitrogens with zero attached hydrogens (tertiary/aromatic N) is 4. The van der Waals surface area contributed by atoms with E-state index in [9.17, 15) is 4.79 Å². The zero-order valence-corrected chi connectivity index (χ0v) is 11.6. The number of aromatic nitrogens is 4. The number of hydrogen-bond donors (Lipinski definition) is 1. The lowest BCUT2D eigenvalue weighted by Crippen LogP contribution is -2.11. The van der Waals surface area contributed by atoms with Gasteiger partial charge < -0.3 is 14.3 Å². The number of para-hydroxylation sites is 1. The molecule has 0 saturated carbocycles. The minimum atomic E-state index is -1.04. The molecule has 0 atom stereocenters. The lowest BCUT2D eigenvalue weighted by Gasteiger charge is -2.04. The van der Waals surface area contributed by atoms with E-state index >= 15 is 0 Å². The molecule has 1 aromatic carbocycles. The quantitative estimate of drug-likeness (QED) is 0.764. The number of carbonyl (C=O) groups is 1. The van der Waals surface area contributed by atoms with Crippen LogP contribution in [0.3, 0.4) is 0 Å². The van der Waals surface area contributed by atoms with Crippen molar-refractivity contribution in [2.24, 2.45) is 0 Å². The molecule has 8 nitrogen and oxygen atoms in total. The number of rotatable bonds is 5. The lowest BCUT2D eigenvalue weighted by molar-refractivity contribution is -0.138. The van der Waals surface area contributed by atoms with Crippen LogP contribution in [0.15, 0.2) is 40.8 Å². The summed E-state index contributed by atoms with van der Waals surface area (Å²) in [5.41, 5.74) is 0.800. The third-order valence-electron chi connectivity index (χ3n) is 2.93. The van der Waals surface area contributed by atoms with Gasteiger partial charge in [0.25, 0.3) is 0 Å². The van der Waals surface area contributed by atoms with Crippen molar-refractivity contribution >= 4 is 5.97 Å². The van der Waals surface area contributed by atoms with Gasteiger partial charge in [-0.25, -0.2) is 0 Å². The standard InChI is InChI=1S/C14H12N4O4/c1-21-10-5-3-2-4-9(10)11-6-7-12(22-11)14-15-17-18(16-14)8-13(19)20/h2-7H,8H2,1H3,(H,19,20). The summed E-state index contributed by atoms with van der Waals surface area (Å²) in [5.74, 6) is 0.867. The van der Waals surface area contributed by atoms with Crippen LogP contribution in [0.1, 0.15) is 0 Å². The van der Waals surface area contributed by atoms with Crippen LogP contribution >= 0.6 is 0 Å². The Morgan fingerprint density at radius 3 is 2.82 bits per heavy atom. The van der Waals surface area contributed by atoms with E-state index in [2.05, 4.69) is 15.4 Å². The number of tetrazole rings is 1. The maximum absolute atomic E-state index is 10.6. The van der Waals surface area contributed by atoms with Crippen LogP contribution in [0.4, 0.5) is 0 Å². The highest BCUT2D eigenvalue weighted by molar-refractivity contribution is 5.68. The molecular weight excluding hydrogens is 288 g/mol. The van der Waals surface area contributed by atoms with Gasteiger partial charge in [0.05, 0.1) is 12.7 Å². The third-order valence-corrected chi connectivity index (χ3v) is 2.93. The van der Waals surface area contributed by atoms with E-state index in [1.54, 1.807) is 19.2 Å². The summed E-state index contributed by atoms with van der Waals surface area (Å²) >= 11 is 0. The zero-order valence-electron chi connectivity index (χ0n) is 11.6. The molecule has 112 valence electrons. The fourth-order valence-electron chi connectivity index (χ4n) is 1.98. The van der Waals surface area contributed by atoms with E-state index in [4.69, 9.17) is 14.3 Å². The summed E-state index contributed by atoms with van der Waals surface area (Å²) in [6, 6.07) is 10.9. The molecule has 0 aliphatic heterocycles. The van der Waals surface area contributed by atoms with Gasteiger partial charge in [0.2, 0.25) is 5.82 Å². The predicted molar refractivity (Wildman–Crippen MR) is 75.1 cm³/mol. The molecule has 0 fully saturated rings. The van der Waals surface area contributed by atoms with Gasteiger partial charge in [0.15, 0.2) is 12.3 Å². The summed E-state index contributed by atoms with van der Waals surface area (Å²) in [6.45, 7) is -0.354. The SMILES string of the molecule is COc1ccccc1-c1ccc(-c2nnn(CC(=O)O)n2)o1. The minimum absolute atomic E-state index is 0.224. The highest BCUT2D eigenvalue weighted by Crippen LogP contribution is 2.32. The maximum Gasteiger partial charge on any atom is 0.327 e. The van der Waals surface area contributed by atoms with Crippen molar-refractivity contribution in [1.82, 2.24) is 20.2 Å². The number of carboxylic acids is 1. The Balaban J connectivity index is 1.90. The fraction of sp³-hybridized carbons (Fsp3) is 0.143. The summed E-state index contributed by atoms with van der Waals surface area (Å²) in [6.07, 6.45) is 0. The molecule has 0 unspecified atom stereocenters. The van der Waals surface area contributed by atoms with Gasteiger partial charge in [-0.2, -0.15) is 4.80 Å². The van der Waals surface area contributed by atoms with Crippen molar-refractivity contribution < 1.29 is 19.1 Å². The maximum atomic E-state index is 10.6. The molecule has 0 aliphatic rings. The Morgan fingerprint density at radius 1 is 1.27 bits per heavy atom. The third kappa shape index (κ3) is 2.66. The highest BCUT2D eigenvalue weighted by Gasteiger charge is 2.14. The first-order valence-electron chi connectivity index (χ1n) is 6.40. The summed E-state index contributed by atoms with van der Waals surface area (Å²) in [7, 11) is 1.59. The molecule has 0 spiro atoms. The average Bonchev–Trinajstić information content (AvgIpc) is 3.15. The largest absolute Gasteiger partial charge is 0.496 e. The Kier molecular flexibility index (Phi) is 3.57. The normalized spacial score (nSPS) is 10.6. The molecule has 22 heavy (non-hydrogen) atoms. The minimum Gasteiger partial charge on any atom is -0.496 e. The van der Waals surface area contributed by atoms with Gasteiger partial charge in [-0.05, 0) is 29.5 Å². The van der Waals surface area contributed by atoms with Crippen molar-refractivity contribution in [3.63, 3.8) is 0 Å². The fourth-order valence-corrected chi connectivity index (χ4v) is 1.98. The van der Waals surface area contributed by atoms with Crippen LogP contribution < -0.4 is 4.74 Å². The summed E-state index contributed by atoms with van der Waals surface area (Å²) < 4.78 is 11.0. The number of furan rings is 1. The molecule has 2 aromatic heterocycles. The second-order valence-electron chi connectivity index (χ2n) is 4.40. The van der Waals surface area contributed by atoms with Crippen molar-refractivity contribution in [1.29, 1.82) is 0 Å². The molecule has 8 heteroatoms. The first-order valence-corrected chi connectivity index (χ1v) is 6.40. The van der Waals surface area contributed by atoms with Gasteiger partial charge in [-0.1, -0.05) is 12.1 Å². The molecule has 2 heterocycles. The molecule has 3 aromatic rings. The number of hydrogen-bond acceptors (Lipinski definition) is 6. The number of ether oxygens (including phenoxy) is 1. The van der Waals surface area contributed by atoms with Crippen molar-refractivity contribution in [3.05, 3.63) is 36.4 Å². The van der Waals surface area contributed by atoms with E-state index in [0.717, 1.165) is 10.4 Å². The Labute approximate surface area is 124 Å². The first-order chi connectivity index (χ1) is 10.7. The smallest absolute Gasteiger partial charge is 0.327 e. The topological polar surface area (TPSA) is 103 Å². The molecule has 0 amide bonds. The molecular formula is C14H12N4O4. The number of aliphatic carboxylic acids is 1. The van der Waals surface area contributed by atoms with E-state index in [0.29, 0.717) is 17.3 Å². The molecule has 0 aliphatic carbocycles. The van der Waals surface area contributed by atoms with Gasteiger partial charge >= 0.3 is 5.97 Å². The monoisotopic (exact) mass is 300 g/mol. The van der Waals surface area contributed by atoms with E-state index in [1.165, 1.54) is 0 Å². The lowest BCUT2D eigenvalue weighted by atomic mass is 10.1. The first kappa shape index (κ1) is 13.8. The number of methoxy groups -OCH3 is 1. The Hall–Kier alpha value is -3.16. The van der Waals surface area contributed by atoms with Crippen LogP contribution in [-0.4, -0.2) is 38.4 Å². The van der Waals surface area contributed by atoms with Crippen LogP contribution in [0.5, 0.6) is 5.75 Å². The Morgan fingerprint density at radius 2 is 2.05 bits per heavy atom. The van der Waals surface area contributed by atoms with Gasteiger partial charge in [-0.3, -0.25) is 4.79 Å². The van der Waals surface area contributed by atoms with E-state index < -0.39 is 5.97 Å². The van der Waals surface area contributed by atoms with Crippen molar-refractivity contribution in [2.45, 2.75) is 6.54 Å². The van der Waals surface area contributed by atoms with Crippen LogP contribution in [0.2, 0.25) is 0 Å². The van der Waals surface area contributed by atoms with Crippen LogP contribution in [-0.2, 0) is 11.3 Å². The molecule has 0 radical (unpaired) electrons. The van der Waals surface area contributed by atoms with Gasteiger partial charge in [0, 0.05) is 0 Å². The number of benzene rings is 1. The highest BCUT2D eigenvalue weighted by atomic mass is 16.5. The molecule has 1 N–H and O–H groups in total. The summed E-state index contributed by atoms with van der Waals surface area (Å²) in [5, 5.41) is 20.1. The number of carboxylic acid groups (broad SMARTS) is 1. The Bertz CT molecular complexity index is 809. The zero-order chi connectivity index (χ0) is 15.5. The van der Waals surface area contributed by atoms with Crippen molar-refractivity contribution in [3.8, 4) is 28.7 Å². The van der Waals surface area contributed by atoms with Gasteiger partial charge in [-0.15, -0.1) is 10.2 Å². The van der Waals surface area contributed by atoms with Crippen LogP contribution in [0.25, 0.3) is 22.9 Å². The molecule has 0 bridgehead atoms. The van der Waals surface area contributed by atoms with E-state index in [-0.39, 0.29) is 12.4 Å². The second kappa shape index (κ2) is 5.68. The molecule has 3 rings (SSSR count).